The number of likely N-dealkylation sites (tertiary alicyclic amines) is 1. The molecule has 19 heavy (non-hydrogen) atoms. The number of amides is 1. The van der Waals surface area contributed by atoms with Gasteiger partial charge in [-0.15, -0.1) is 0 Å². The Morgan fingerprint density at radius 3 is 2.21 bits per heavy atom. The van der Waals surface area contributed by atoms with Crippen molar-refractivity contribution in [3.8, 4) is 0 Å². The van der Waals surface area contributed by atoms with Crippen molar-refractivity contribution in [2.45, 2.75) is 57.4 Å². The molecule has 0 aromatic heterocycles. The number of carbonyl (C=O) groups excluding carboxylic acids is 1. The molecule has 0 radical (unpaired) electrons. The van der Waals surface area contributed by atoms with E-state index in [4.69, 9.17) is 5.11 Å². The van der Waals surface area contributed by atoms with E-state index in [1.807, 2.05) is 4.90 Å². The van der Waals surface area contributed by atoms with Gasteiger partial charge in [-0.3, -0.25) is 9.69 Å². The Balaban J connectivity index is 1.82. The summed E-state index contributed by atoms with van der Waals surface area (Å²) in [7, 11) is 0. The van der Waals surface area contributed by atoms with Gasteiger partial charge >= 0.3 is 0 Å². The van der Waals surface area contributed by atoms with Gasteiger partial charge in [0.2, 0.25) is 5.91 Å². The molecule has 110 valence electrons. The molecule has 0 atom stereocenters. The van der Waals surface area contributed by atoms with Crippen LogP contribution in [0.2, 0.25) is 0 Å². The van der Waals surface area contributed by atoms with Crippen LogP contribution in [-0.2, 0) is 4.79 Å². The fourth-order valence-corrected chi connectivity index (χ4v) is 3.04. The third-order valence-corrected chi connectivity index (χ3v) is 4.53. The van der Waals surface area contributed by atoms with Crippen LogP contribution in [0.3, 0.4) is 0 Å². The molecule has 1 saturated carbocycles. The van der Waals surface area contributed by atoms with Crippen molar-refractivity contribution in [3.05, 3.63) is 0 Å². The standard InChI is InChI=1S/C15H28N2O2/c18-12-11-17(14-7-6-8-14)13-15(19)16-9-4-2-1-3-5-10-16/h14,18H,1-13H2. The largest absolute Gasteiger partial charge is 0.395 e. The Hall–Kier alpha value is -0.610. The summed E-state index contributed by atoms with van der Waals surface area (Å²) in [5.74, 6) is 0.266. The molecule has 1 amide bonds. The minimum atomic E-state index is 0.157. The minimum Gasteiger partial charge on any atom is -0.395 e. The maximum absolute atomic E-state index is 12.4. The first-order valence-corrected chi connectivity index (χ1v) is 7.94. The lowest BCUT2D eigenvalue weighted by molar-refractivity contribution is -0.134. The molecule has 0 aromatic rings. The number of hydrogen-bond donors (Lipinski definition) is 1. The van der Waals surface area contributed by atoms with E-state index in [9.17, 15) is 4.79 Å². The molecule has 0 bridgehead atoms. The van der Waals surface area contributed by atoms with Crippen LogP contribution in [-0.4, -0.2) is 59.6 Å². The second-order valence-electron chi connectivity index (χ2n) is 5.93. The molecule has 0 aromatic carbocycles. The molecule has 2 rings (SSSR count). The first-order chi connectivity index (χ1) is 9.31. The highest BCUT2D eigenvalue weighted by Crippen LogP contribution is 2.24. The summed E-state index contributed by atoms with van der Waals surface area (Å²) in [6.45, 7) is 3.16. The second kappa shape index (κ2) is 7.85. The summed E-state index contributed by atoms with van der Waals surface area (Å²) < 4.78 is 0. The van der Waals surface area contributed by atoms with Crippen molar-refractivity contribution >= 4 is 5.91 Å². The van der Waals surface area contributed by atoms with Crippen molar-refractivity contribution in [1.29, 1.82) is 0 Å². The maximum Gasteiger partial charge on any atom is 0.236 e. The number of aliphatic hydroxyl groups is 1. The average molecular weight is 268 g/mol. The summed E-state index contributed by atoms with van der Waals surface area (Å²) in [5, 5.41) is 9.14. The molecule has 4 nitrogen and oxygen atoms in total. The van der Waals surface area contributed by atoms with Gasteiger partial charge in [-0.25, -0.2) is 0 Å². The summed E-state index contributed by atoms with van der Waals surface area (Å²) >= 11 is 0. The predicted octanol–water partition coefficient (Wildman–Crippen LogP) is 1.63. The molecular weight excluding hydrogens is 240 g/mol. The topological polar surface area (TPSA) is 43.8 Å². The highest BCUT2D eigenvalue weighted by Gasteiger charge is 2.27. The molecule has 1 aliphatic carbocycles. The van der Waals surface area contributed by atoms with E-state index >= 15 is 0 Å². The molecule has 0 unspecified atom stereocenters. The Morgan fingerprint density at radius 1 is 1.05 bits per heavy atom. The Labute approximate surface area is 116 Å². The van der Waals surface area contributed by atoms with Crippen LogP contribution < -0.4 is 0 Å². The van der Waals surface area contributed by atoms with Gasteiger partial charge in [-0.1, -0.05) is 25.7 Å². The van der Waals surface area contributed by atoms with Gasteiger partial charge < -0.3 is 10.0 Å². The van der Waals surface area contributed by atoms with Crippen LogP contribution in [0.15, 0.2) is 0 Å². The average Bonchev–Trinajstić information content (AvgIpc) is 2.25. The zero-order chi connectivity index (χ0) is 13.5. The quantitative estimate of drug-likeness (QED) is 0.824. The number of aliphatic hydroxyl groups excluding tert-OH is 1. The van der Waals surface area contributed by atoms with Crippen molar-refractivity contribution in [3.63, 3.8) is 0 Å². The van der Waals surface area contributed by atoms with Gasteiger partial charge in [-0.05, 0) is 25.7 Å². The smallest absolute Gasteiger partial charge is 0.236 e. The third kappa shape index (κ3) is 4.46. The SMILES string of the molecule is O=C(CN(CCO)C1CCC1)N1CCCCCCC1. The maximum atomic E-state index is 12.4. The molecule has 2 aliphatic rings. The highest BCUT2D eigenvalue weighted by molar-refractivity contribution is 5.78. The van der Waals surface area contributed by atoms with E-state index in [-0.39, 0.29) is 12.5 Å². The highest BCUT2D eigenvalue weighted by atomic mass is 16.3. The van der Waals surface area contributed by atoms with Gasteiger partial charge in [-0.2, -0.15) is 0 Å². The van der Waals surface area contributed by atoms with Crippen LogP contribution in [0.25, 0.3) is 0 Å². The molecule has 4 heteroatoms. The number of hydrogen-bond acceptors (Lipinski definition) is 3. The first-order valence-electron chi connectivity index (χ1n) is 7.94. The van der Waals surface area contributed by atoms with E-state index in [0.717, 1.165) is 25.9 Å². The van der Waals surface area contributed by atoms with E-state index in [0.29, 0.717) is 19.1 Å². The van der Waals surface area contributed by atoms with Crippen LogP contribution >= 0.6 is 0 Å². The summed E-state index contributed by atoms with van der Waals surface area (Å²) in [6.07, 6.45) is 9.77. The van der Waals surface area contributed by atoms with Gasteiger partial charge in [0.25, 0.3) is 0 Å². The van der Waals surface area contributed by atoms with Crippen LogP contribution in [0.5, 0.6) is 0 Å². The Kier molecular flexibility index (Phi) is 6.11. The Morgan fingerprint density at radius 2 is 1.68 bits per heavy atom. The van der Waals surface area contributed by atoms with Crippen molar-refractivity contribution in [2.24, 2.45) is 0 Å². The molecular formula is C15H28N2O2. The number of carbonyl (C=O) groups is 1. The summed E-state index contributed by atoms with van der Waals surface area (Å²) in [4.78, 5) is 16.6. The lowest BCUT2D eigenvalue weighted by atomic mass is 9.91. The summed E-state index contributed by atoms with van der Waals surface area (Å²) in [5.41, 5.74) is 0. The Bertz CT molecular complexity index is 271. The molecule has 1 aliphatic heterocycles. The first kappa shape index (κ1) is 14.8. The minimum absolute atomic E-state index is 0.157. The van der Waals surface area contributed by atoms with E-state index in [2.05, 4.69) is 4.90 Å². The lowest BCUT2D eigenvalue weighted by Crippen LogP contribution is -2.48. The zero-order valence-corrected chi connectivity index (χ0v) is 12.0. The lowest BCUT2D eigenvalue weighted by Gasteiger charge is -2.38. The molecule has 2 fully saturated rings. The second-order valence-corrected chi connectivity index (χ2v) is 5.93. The van der Waals surface area contributed by atoms with Crippen LogP contribution in [0, 0.1) is 0 Å². The van der Waals surface area contributed by atoms with Gasteiger partial charge in [0.1, 0.15) is 0 Å². The van der Waals surface area contributed by atoms with Crippen LogP contribution in [0.4, 0.5) is 0 Å². The fraction of sp³-hybridized carbons (Fsp3) is 0.933. The zero-order valence-electron chi connectivity index (χ0n) is 12.0. The number of nitrogens with zero attached hydrogens (tertiary/aromatic N) is 2. The van der Waals surface area contributed by atoms with E-state index in [1.54, 1.807) is 0 Å². The van der Waals surface area contributed by atoms with E-state index in [1.165, 1.54) is 38.5 Å². The molecule has 1 N–H and O–H groups in total. The molecule has 1 heterocycles. The molecule has 0 spiro atoms. The van der Waals surface area contributed by atoms with Crippen molar-refractivity contribution in [2.75, 3.05) is 32.8 Å². The monoisotopic (exact) mass is 268 g/mol. The predicted molar refractivity (Wildman–Crippen MR) is 76.0 cm³/mol. The van der Waals surface area contributed by atoms with E-state index < -0.39 is 0 Å². The van der Waals surface area contributed by atoms with Gasteiger partial charge in [0.15, 0.2) is 0 Å². The van der Waals surface area contributed by atoms with Crippen LogP contribution in [0.1, 0.15) is 51.4 Å². The van der Waals surface area contributed by atoms with Crippen molar-refractivity contribution in [1.82, 2.24) is 9.80 Å². The van der Waals surface area contributed by atoms with Gasteiger partial charge in [0, 0.05) is 25.7 Å². The molecule has 1 saturated heterocycles. The number of rotatable bonds is 5. The normalized spacial score (nSPS) is 21.9. The summed E-state index contributed by atoms with van der Waals surface area (Å²) in [6, 6.07) is 0.533. The third-order valence-electron chi connectivity index (χ3n) is 4.53. The van der Waals surface area contributed by atoms with Gasteiger partial charge in [0.05, 0.1) is 13.2 Å². The van der Waals surface area contributed by atoms with Crippen molar-refractivity contribution < 1.29 is 9.90 Å². The fourth-order valence-electron chi connectivity index (χ4n) is 3.04.